The van der Waals surface area contributed by atoms with E-state index in [1.807, 2.05) is 12.1 Å². The highest BCUT2D eigenvalue weighted by Crippen LogP contribution is 2.29. The maximum atomic E-state index is 6.21. The standard InChI is InChI=1S/C15H23Cl2N/c1-10(2)15(4,5)9-18-11(3)13-7-6-12(16)8-14(13)17/h6-8,10-11,18H,9H2,1-5H3. The highest BCUT2D eigenvalue weighted by Gasteiger charge is 2.23. The molecule has 0 aliphatic rings. The minimum Gasteiger partial charge on any atom is -0.310 e. The van der Waals surface area contributed by atoms with E-state index in [4.69, 9.17) is 23.2 Å². The van der Waals surface area contributed by atoms with Gasteiger partial charge in [-0.1, -0.05) is 57.0 Å². The van der Waals surface area contributed by atoms with Crippen LogP contribution in [0.4, 0.5) is 0 Å². The third kappa shape index (κ3) is 4.15. The molecule has 0 spiro atoms. The van der Waals surface area contributed by atoms with Crippen molar-refractivity contribution in [3.05, 3.63) is 33.8 Å². The van der Waals surface area contributed by atoms with Gasteiger partial charge in [0.05, 0.1) is 0 Å². The van der Waals surface area contributed by atoms with Crippen molar-refractivity contribution in [3.8, 4) is 0 Å². The molecule has 1 aromatic carbocycles. The Morgan fingerprint density at radius 2 is 1.78 bits per heavy atom. The van der Waals surface area contributed by atoms with Gasteiger partial charge in [-0.2, -0.15) is 0 Å². The first-order valence-corrected chi connectivity index (χ1v) is 7.18. The summed E-state index contributed by atoms with van der Waals surface area (Å²) in [4.78, 5) is 0. The summed E-state index contributed by atoms with van der Waals surface area (Å²) in [6, 6.07) is 5.90. The van der Waals surface area contributed by atoms with E-state index in [1.54, 1.807) is 6.07 Å². The Balaban J connectivity index is 2.69. The zero-order chi connectivity index (χ0) is 13.9. The van der Waals surface area contributed by atoms with Gasteiger partial charge < -0.3 is 5.32 Å². The van der Waals surface area contributed by atoms with Crippen molar-refractivity contribution in [2.45, 2.75) is 40.7 Å². The van der Waals surface area contributed by atoms with Crippen LogP contribution in [0.15, 0.2) is 18.2 Å². The van der Waals surface area contributed by atoms with Gasteiger partial charge in [-0.05, 0) is 36.0 Å². The molecular weight excluding hydrogens is 265 g/mol. The van der Waals surface area contributed by atoms with Crippen molar-refractivity contribution >= 4 is 23.2 Å². The summed E-state index contributed by atoms with van der Waals surface area (Å²) in [5.74, 6) is 0.637. The third-order valence-electron chi connectivity index (χ3n) is 3.86. The molecule has 0 aromatic heterocycles. The van der Waals surface area contributed by atoms with Gasteiger partial charge in [0.25, 0.3) is 0 Å². The maximum absolute atomic E-state index is 6.21. The second kappa shape index (κ2) is 6.27. The molecule has 0 saturated carbocycles. The Bertz CT molecular complexity index is 399. The third-order valence-corrected chi connectivity index (χ3v) is 4.42. The fourth-order valence-electron chi connectivity index (χ4n) is 1.58. The van der Waals surface area contributed by atoms with Gasteiger partial charge in [0.2, 0.25) is 0 Å². The summed E-state index contributed by atoms with van der Waals surface area (Å²) < 4.78 is 0. The molecule has 1 unspecified atom stereocenters. The van der Waals surface area contributed by atoms with E-state index in [0.29, 0.717) is 10.9 Å². The average Bonchev–Trinajstić information content (AvgIpc) is 2.25. The predicted molar refractivity (Wildman–Crippen MR) is 81.5 cm³/mol. The van der Waals surface area contributed by atoms with E-state index in [1.165, 1.54) is 0 Å². The largest absolute Gasteiger partial charge is 0.310 e. The van der Waals surface area contributed by atoms with E-state index >= 15 is 0 Å². The van der Waals surface area contributed by atoms with E-state index in [2.05, 4.69) is 39.9 Å². The Morgan fingerprint density at radius 3 is 2.28 bits per heavy atom. The first kappa shape index (κ1) is 15.8. The topological polar surface area (TPSA) is 12.0 Å². The van der Waals surface area contributed by atoms with Gasteiger partial charge in [-0.25, -0.2) is 0 Å². The molecule has 0 radical (unpaired) electrons. The summed E-state index contributed by atoms with van der Waals surface area (Å²) in [5.41, 5.74) is 1.37. The van der Waals surface area contributed by atoms with Crippen LogP contribution in [0.5, 0.6) is 0 Å². The Morgan fingerprint density at radius 1 is 1.17 bits per heavy atom. The Hall–Kier alpha value is -0.240. The number of hydrogen-bond donors (Lipinski definition) is 1. The Kier molecular flexibility index (Phi) is 5.51. The fourth-order valence-corrected chi connectivity index (χ4v) is 2.16. The molecule has 1 N–H and O–H groups in total. The van der Waals surface area contributed by atoms with Crippen molar-refractivity contribution in [2.75, 3.05) is 6.54 Å². The van der Waals surface area contributed by atoms with Crippen LogP contribution in [0.25, 0.3) is 0 Å². The Labute approximate surface area is 121 Å². The SMILES string of the molecule is CC(NCC(C)(C)C(C)C)c1ccc(Cl)cc1Cl. The summed E-state index contributed by atoms with van der Waals surface area (Å²) in [6.45, 7) is 12.2. The van der Waals surface area contributed by atoms with Gasteiger partial charge in [0.15, 0.2) is 0 Å². The minimum absolute atomic E-state index is 0.229. The molecule has 1 atom stereocenters. The summed E-state index contributed by atoms with van der Waals surface area (Å²) in [7, 11) is 0. The minimum atomic E-state index is 0.229. The van der Waals surface area contributed by atoms with Crippen molar-refractivity contribution in [1.29, 1.82) is 0 Å². The van der Waals surface area contributed by atoms with Gasteiger partial charge in [0.1, 0.15) is 0 Å². The van der Waals surface area contributed by atoms with Crippen LogP contribution >= 0.6 is 23.2 Å². The molecule has 0 aliphatic heterocycles. The maximum Gasteiger partial charge on any atom is 0.0468 e. The molecule has 1 nitrogen and oxygen atoms in total. The highest BCUT2D eigenvalue weighted by atomic mass is 35.5. The molecule has 0 amide bonds. The molecule has 18 heavy (non-hydrogen) atoms. The van der Waals surface area contributed by atoms with E-state index in [-0.39, 0.29) is 11.5 Å². The van der Waals surface area contributed by atoms with Crippen LogP contribution in [-0.2, 0) is 0 Å². The lowest BCUT2D eigenvalue weighted by Gasteiger charge is -2.31. The second-order valence-corrected chi connectivity index (χ2v) is 6.76. The number of hydrogen-bond acceptors (Lipinski definition) is 1. The molecule has 0 bridgehead atoms. The lowest BCUT2D eigenvalue weighted by molar-refractivity contribution is 0.230. The molecular formula is C15H23Cl2N. The molecule has 0 aliphatic carbocycles. The lowest BCUT2D eigenvalue weighted by atomic mass is 9.81. The van der Waals surface area contributed by atoms with Crippen molar-refractivity contribution in [3.63, 3.8) is 0 Å². The van der Waals surface area contributed by atoms with Gasteiger partial charge in [-0.3, -0.25) is 0 Å². The molecule has 1 rings (SSSR count). The highest BCUT2D eigenvalue weighted by molar-refractivity contribution is 6.35. The van der Waals surface area contributed by atoms with Crippen molar-refractivity contribution < 1.29 is 0 Å². The van der Waals surface area contributed by atoms with E-state index in [9.17, 15) is 0 Å². The summed E-state index contributed by atoms with van der Waals surface area (Å²) in [5, 5.41) is 4.96. The van der Waals surface area contributed by atoms with E-state index < -0.39 is 0 Å². The molecule has 0 saturated heterocycles. The number of nitrogens with one attached hydrogen (secondary N) is 1. The number of rotatable bonds is 5. The summed E-state index contributed by atoms with van der Waals surface area (Å²) in [6.07, 6.45) is 0. The number of halogens is 2. The van der Waals surface area contributed by atoms with Crippen LogP contribution < -0.4 is 5.32 Å². The number of benzene rings is 1. The van der Waals surface area contributed by atoms with E-state index in [0.717, 1.165) is 17.1 Å². The first-order chi connectivity index (χ1) is 8.24. The molecule has 3 heteroatoms. The lowest BCUT2D eigenvalue weighted by Crippen LogP contribution is -2.34. The van der Waals surface area contributed by atoms with Crippen molar-refractivity contribution in [2.24, 2.45) is 11.3 Å². The average molecular weight is 288 g/mol. The van der Waals surface area contributed by atoms with Crippen LogP contribution in [0.2, 0.25) is 10.0 Å². The molecule has 0 heterocycles. The predicted octanol–water partition coefficient (Wildman–Crippen LogP) is 5.33. The smallest absolute Gasteiger partial charge is 0.0468 e. The summed E-state index contributed by atoms with van der Waals surface area (Å²) >= 11 is 12.1. The van der Waals surface area contributed by atoms with Crippen LogP contribution in [0.3, 0.4) is 0 Å². The van der Waals surface area contributed by atoms with Crippen LogP contribution in [-0.4, -0.2) is 6.54 Å². The molecule has 1 aromatic rings. The normalized spacial score (nSPS) is 14.0. The first-order valence-electron chi connectivity index (χ1n) is 6.42. The zero-order valence-corrected chi connectivity index (χ0v) is 13.4. The zero-order valence-electron chi connectivity index (χ0n) is 11.8. The second-order valence-electron chi connectivity index (χ2n) is 5.91. The van der Waals surface area contributed by atoms with Crippen LogP contribution in [0.1, 0.15) is 46.2 Å². The van der Waals surface area contributed by atoms with Gasteiger partial charge >= 0.3 is 0 Å². The van der Waals surface area contributed by atoms with Crippen LogP contribution in [0, 0.1) is 11.3 Å². The van der Waals surface area contributed by atoms with Crippen molar-refractivity contribution in [1.82, 2.24) is 5.32 Å². The van der Waals surface area contributed by atoms with Gasteiger partial charge in [-0.15, -0.1) is 0 Å². The van der Waals surface area contributed by atoms with Gasteiger partial charge in [0, 0.05) is 22.6 Å². The molecule has 102 valence electrons. The monoisotopic (exact) mass is 287 g/mol. The quantitative estimate of drug-likeness (QED) is 0.772. The molecule has 0 fully saturated rings. The fraction of sp³-hybridized carbons (Fsp3) is 0.600.